The molecule has 1 fully saturated rings. The van der Waals surface area contributed by atoms with Gasteiger partial charge in [0.2, 0.25) is 0 Å². The number of anilines is 1. The summed E-state index contributed by atoms with van der Waals surface area (Å²) in [5.41, 5.74) is 1.94. The number of hydrogen-bond acceptors (Lipinski definition) is 6. The number of benzene rings is 1. The molecule has 7 nitrogen and oxygen atoms in total. The van der Waals surface area contributed by atoms with Crippen molar-refractivity contribution < 1.29 is 9.50 Å². The standard InChI is InChI=1S/C28H28FN5O2/c1-20-17-24(35)26(28(36)34(20)19-23-9-2-4-11-30-23)27(21-7-6-8-22(29)18-21)33-15-13-32(14-16-33)25-10-3-5-12-31-25/h2-12,17-18,27,35H,13-16,19H2,1H3/t27-/m0/s1. The van der Waals surface area contributed by atoms with Crippen molar-refractivity contribution in [3.63, 3.8) is 0 Å². The molecule has 5 rings (SSSR count). The second-order valence-electron chi connectivity index (χ2n) is 8.97. The third-order valence-electron chi connectivity index (χ3n) is 6.66. The number of rotatable bonds is 6. The van der Waals surface area contributed by atoms with Crippen LogP contribution in [0.5, 0.6) is 5.75 Å². The topological polar surface area (TPSA) is 74.5 Å². The van der Waals surface area contributed by atoms with E-state index in [-0.39, 0.29) is 29.2 Å². The molecule has 36 heavy (non-hydrogen) atoms. The molecule has 1 aromatic carbocycles. The molecular weight excluding hydrogens is 457 g/mol. The van der Waals surface area contributed by atoms with Crippen LogP contribution in [0.1, 0.15) is 28.6 Å². The van der Waals surface area contributed by atoms with Gasteiger partial charge in [-0.15, -0.1) is 0 Å². The van der Waals surface area contributed by atoms with Crippen LogP contribution in [0.2, 0.25) is 0 Å². The van der Waals surface area contributed by atoms with Crippen LogP contribution in [0.3, 0.4) is 0 Å². The lowest BCUT2D eigenvalue weighted by atomic mass is 9.95. The molecule has 1 N–H and O–H groups in total. The van der Waals surface area contributed by atoms with Crippen LogP contribution in [0.15, 0.2) is 83.9 Å². The van der Waals surface area contributed by atoms with E-state index in [9.17, 15) is 14.3 Å². The Morgan fingerprint density at radius 2 is 1.69 bits per heavy atom. The summed E-state index contributed by atoms with van der Waals surface area (Å²) in [7, 11) is 0. The average molecular weight is 486 g/mol. The summed E-state index contributed by atoms with van der Waals surface area (Å²) >= 11 is 0. The smallest absolute Gasteiger partial charge is 0.260 e. The SMILES string of the molecule is Cc1cc(O)c([C@H](c2cccc(F)c2)N2CCN(c3ccccn3)CC2)c(=O)n1Cc1ccccn1. The Bertz CT molecular complexity index is 1390. The van der Waals surface area contributed by atoms with Crippen molar-refractivity contribution in [2.75, 3.05) is 31.1 Å². The Balaban J connectivity index is 1.54. The molecule has 0 spiro atoms. The molecule has 0 radical (unpaired) electrons. The number of halogens is 1. The van der Waals surface area contributed by atoms with Crippen LogP contribution in [0.25, 0.3) is 0 Å². The van der Waals surface area contributed by atoms with Crippen LogP contribution in [-0.2, 0) is 6.54 Å². The highest BCUT2D eigenvalue weighted by molar-refractivity contribution is 5.43. The zero-order chi connectivity index (χ0) is 25.1. The molecule has 0 unspecified atom stereocenters. The van der Waals surface area contributed by atoms with E-state index in [4.69, 9.17) is 0 Å². The van der Waals surface area contributed by atoms with E-state index in [1.807, 2.05) is 36.4 Å². The van der Waals surface area contributed by atoms with Gasteiger partial charge in [-0.05, 0) is 55.0 Å². The van der Waals surface area contributed by atoms with E-state index >= 15 is 0 Å². The Hall–Kier alpha value is -4.04. The fraction of sp³-hybridized carbons (Fsp3) is 0.250. The molecule has 0 aliphatic carbocycles. The molecule has 8 heteroatoms. The molecule has 0 bridgehead atoms. The molecule has 4 heterocycles. The summed E-state index contributed by atoms with van der Waals surface area (Å²) in [4.78, 5) is 27.0. The normalized spacial score (nSPS) is 15.1. The Kier molecular flexibility index (Phi) is 6.77. The predicted octanol–water partition coefficient (Wildman–Crippen LogP) is 3.75. The lowest BCUT2D eigenvalue weighted by molar-refractivity contribution is 0.206. The van der Waals surface area contributed by atoms with Gasteiger partial charge in [-0.3, -0.25) is 14.7 Å². The van der Waals surface area contributed by atoms with Gasteiger partial charge >= 0.3 is 0 Å². The summed E-state index contributed by atoms with van der Waals surface area (Å²) < 4.78 is 16.0. The van der Waals surface area contributed by atoms with Gasteiger partial charge in [-0.2, -0.15) is 0 Å². The van der Waals surface area contributed by atoms with Crippen LogP contribution >= 0.6 is 0 Å². The maximum atomic E-state index is 14.3. The number of hydrogen-bond donors (Lipinski definition) is 1. The van der Waals surface area contributed by atoms with Crippen molar-refractivity contribution in [1.29, 1.82) is 0 Å². The minimum absolute atomic E-state index is 0.0869. The predicted molar refractivity (Wildman–Crippen MR) is 137 cm³/mol. The maximum Gasteiger partial charge on any atom is 0.260 e. The Morgan fingerprint density at radius 1 is 0.944 bits per heavy atom. The van der Waals surface area contributed by atoms with Gasteiger partial charge in [0.1, 0.15) is 17.4 Å². The molecule has 184 valence electrons. The molecule has 1 atom stereocenters. The van der Waals surface area contributed by atoms with E-state index < -0.39 is 6.04 Å². The monoisotopic (exact) mass is 485 g/mol. The highest BCUT2D eigenvalue weighted by Gasteiger charge is 2.32. The number of aromatic nitrogens is 3. The minimum atomic E-state index is -0.602. The second-order valence-corrected chi connectivity index (χ2v) is 8.97. The minimum Gasteiger partial charge on any atom is -0.507 e. The highest BCUT2D eigenvalue weighted by atomic mass is 19.1. The number of piperazine rings is 1. The van der Waals surface area contributed by atoms with Gasteiger partial charge in [-0.25, -0.2) is 9.37 Å². The second kappa shape index (κ2) is 10.3. The van der Waals surface area contributed by atoms with Crippen molar-refractivity contribution in [1.82, 2.24) is 19.4 Å². The van der Waals surface area contributed by atoms with Gasteiger partial charge in [0.15, 0.2) is 0 Å². The summed E-state index contributed by atoms with van der Waals surface area (Å²) in [6, 6.07) is 18.7. The molecule has 1 saturated heterocycles. The van der Waals surface area contributed by atoms with E-state index in [2.05, 4.69) is 19.8 Å². The van der Waals surface area contributed by atoms with Crippen LogP contribution < -0.4 is 10.5 Å². The van der Waals surface area contributed by atoms with Crippen molar-refractivity contribution in [3.8, 4) is 5.75 Å². The van der Waals surface area contributed by atoms with E-state index in [0.29, 0.717) is 37.4 Å². The molecule has 3 aromatic heterocycles. The summed E-state index contributed by atoms with van der Waals surface area (Å²) in [6.45, 7) is 4.68. The van der Waals surface area contributed by atoms with E-state index in [1.165, 1.54) is 12.1 Å². The van der Waals surface area contributed by atoms with Gasteiger partial charge in [0.05, 0.1) is 23.8 Å². The quantitative estimate of drug-likeness (QED) is 0.448. The summed E-state index contributed by atoms with van der Waals surface area (Å²) in [6.07, 6.45) is 3.46. The lowest BCUT2D eigenvalue weighted by Gasteiger charge is -2.40. The van der Waals surface area contributed by atoms with Crippen molar-refractivity contribution >= 4 is 5.82 Å². The molecule has 0 amide bonds. The number of aromatic hydroxyl groups is 1. The first-order valence-corrected chi connectivity index (χ1v) is 12.0. The average Bonchev–Trinajstić information content (AvgIpc) is 2.90. The highest BCUT2D eigenvalue weighted by Crippen LogP contribution is 2.34. The third-order valence-corrected chi connectivity index (χ3v) is 6.66. The fourth-order valence-corrected chi connectivity index (χ4v) is 4.86. The maximum absolute atomic E-state index is 14.3. The zero-order valence-corrected chi connectivity index (χ0v) is 20.1. The first-order chi connectivity index (χ1) is 17.5. The summed E-state index contributed by atoms with van der Waals surface area (Å²) in [5, 5.41) is 11.1. The first kappa shape index (κ1) is 23.7. The van der Waals surface area contributed by atoms with Crippen LogP contribution in [-0.4, -0.2) is 50.7 Å². The summed E-state index contributed by atoms with van der Waals surface area (Å²) in [5.74, 6) is 0.427. The number of nitrogens with zero attached hydrogens (tertiary/aromatic N) is 5. The van der Waals surface area contributed by atoms with Crippen molar-refractivity contribution in [3.05, 3.63) is 118 Å². The van der Waals surface area contributed by atoms with Crippen LogP contribution in [0, 0.1) is 12.7 Å². The Morgan fingerprint density at radius 3 is 2.36 bits per heavy atom. The van der Waals surface area contributed by atoms with Gasteiger partial charge < -0.3 is 14.6 Å². The zero-order valence-electron chi connectivity index (χ0n) is 20.1. The van der Waals surface area contributed by atoms with Gasteiger partial charge in [-0.1, -0.05) is 24.3 Å². The fourth-order valence-electron chi connectivity index (χ4n) is 4.86. The first-order valence-electron chi connectivity index (χ1n) is 12.0. The largest absolute Gasteiger partial charge is 0.507 e. The molecule has 1 aliphatic heterocycles. The van der Waals surface area contributed by atoms with E-state index in [0.717, 1.165) is 11.5 Å². The lowest BCUT2D eigenvalue weighted by Crippen LogP contribution is -2.49. The van der Waals surface area contributed by atoms with Crippen molar-refractivity contribution in [2.24, 2.45) is 0 Å². The van der Waals surface area contributed by atoms with Crippen molar-refractivity contribution in [2.45, 2.75) is 19.5 Å². The molecule has 1 aliphatic rings. The Labute approximate surface area is 209 Å². The number of pyridine rings is 3. The van der Waals surface area contributed by atoms with E-state index in [1.54, 1.807) is 42.1 Å². The van der Waals surface area contributed by atoms with Crippen LogP contribution in [0.4, 0.5) is 10.2 Å². The van der Waals surface area contributed by atoms with Gasteiger partial charge in [0, 0.05) is 44.3 Å². The third kappa shape index (κ3) is 4.85. The molecule has 0 saturated carbocycles. The molecule has 4 aromatic rings. The van der Waals surface area contributed by atoms with Gasteiger partial charge in [0.25, 0.3) is 5.56 Å². The number of aryl methyl sites for hydroxylation is 1. The molecular formula is C28H28FN5O2.